The summed E-state index contributed by atoms with van der Waals surface area (Å²) in [7, 11) is 3.16. The van der Waals surface area contributed by atoms with Crippen LogP contribution in [0, 0.1) is 0 Å². The molecule has 0 heterocycles. The van der Waals surface area contributed by atoms with Crippen molar-refractivity contribution < 1.29 is 14.6 Å². The van der Waals surface area contributed by atoms with Gasteiger partial charge in [0.2, 0.25) is 0 Å². The summed E-state index contributed by atoms with van der Waals surface area (Å²) in [6, 6.07) is 3.77. The predicted octanol–water partition coefficient (Wildman–Crippen LogP) is 2.61. The minimum absolute atomic E-state index is 0.239. The van der Waals surface area contributed by atoms with Crippen LogP contribution in [0.2, 0.25) is 5.02 Å². The van der Waals surface area contributed by atoms with Crippen LogP contribution in [-0.2, 0) is 6.54 Å². The smallest absolute Gasteiger partial charge is 0.179 e. The molecule has 0 aliphatic carbocycles. The molecule has 1 unspecified atom stereocenters. The fraction of sp³-hybridized carbons (Fsp3) is 0.571. The number of aliphatic hydroxyl groups excluding tert-OH is 1. The highest BCUT2D eigenvalue weighted by Crippen LogP contribution is 2.35. The van der Waals surface area contributed by atoms with E-state index in [0.717, 1.165) is 24.9 Å². The predicted molar refractivity (Wildman–Crippen MR) is 77.2 cm³/mol. The second-order valence-electron chi connectivity index (χ2n) is 4.48. The summed E-state index contributed by atoms with van der Waals surface area (Å²) < 4.78 is 10.4. The van der Waals surface area contributed by atoms with Crippen LogP contribution in [0.4, 0.5) is 0 Å². The average molecular weight is 288 g/mol. The Bertz CT molecular complexity index is 397. The van der Waals surface area contributed by atoms with E-state index in [9.17, 15) is 0 Å². The van der Waals surface area contributed by atoms with E-state index in [2.05, 4.69) is 5.32 Å². The monoisotopic (exact) mass is 287 g/mol. The van der Waals surface area contributed by atoms with E-state index >= 15 is 0 Å². The number of nitrogens with one attached hydrogen (secondary N) is 1. The Morgan fingerprint density at radius 3 is 2.63 bits per heavy atom. The number of rotatable bonds is 8. The topological polar surface area (TPSA) is 50.7 Å². The number of hydrogen-bond acceptors (Lipinski definition) is 4. The molecule has 0 spiro atoms. The Kier molecular flexibility index (Phi) is 6.99. The third kappa shape index (κ3) is 5.27. The SMILES string of the molecule is COc1cc(CNCCCC(C)O)cc(Cl)c1OC. The zero-order valence-corrected chi connectivity index (χ0v) is 12.5. The van der Waals surface area contributed by atoms with Crippen LogP contribution in [-0.4, -0.2) is 32.0 Å². The molecule has 0 bridgehead atoms. The summed E-state index contributed by atoms with van der Waals surface area (Å²) in [4.78, 5) is 0. The first-order chi connectivity index (χ1) is 9.08. The van der Waals surface area contributed by atoms with Gasteiger partial charge in [-0.05, 0) is 44.0 Å². The van der Waals surface area contributed by atoms with Gasteiger partial charge in [-0.15, -0.1) is 0 Å². The molecule has 2 N–H and O–H groups in total. The van der Waals surface area contributed by atoms with Crippen LogP contribution in [0.1, 0.15) is 25.3 Å². The Morgan fingerprint density at radius 1 is 1.32 bits per heavy atom. The van der Waals surface area contributed by atoms with Gasteiger partial charge in [0.15, 0.2) is 11.5 Å². The quantitative estimate of drug-likeness (QED) is 0.722. The first kappa shape index (κ1) is 16.1. The molecular weight excluding hydrogens is 266 g/mol. The third-order valence-corrected chi connectivity index (χ3v) is 3.08. The second-order valence-corrected chi connectivity index (χ2v) is 4.89. The molecule has 1 aromatic rings. The van der Waals surface area contributed by atoms with Crippen molar-refractivity contribution in [2.75, 3.05) is 20.8 Å². The molecule has 0 aliphatic rings. The number of ether oxygens (including phenoxy) is 2. The number of halogens is 1. The van der Waals surface area contributed by atoms with E-state index in [1.165, 1.54) is 0 Å². The molecular formula is C14H22ClNO3. The summed E-state index contributed by atoms with van der Waals surface area (Å²) in [5, 5.41) is 13.0. The average Bonchev–Trinajstić information content (AvgIpc) is 2.37. The van der Waals surface area contributed by atoms with E-state index in [-0.39, 0.29) is 6.10 Å². The van der Waals surface area contributed by atoms with Gasteiger partial charge in [-0.3, -0.25) is 0 Å². The van der Waals surface area contributed by atoms with E-state index in [4.69, 9.17) is 26.2 Å². The zero-order valence-electron chi connectivity index (χ0n) is 11.7. The van der Waals surface area contributed by atoms with Crippen molar-refractivity contribution in [2.45, 2.75) is 32.4 Å². The van der Waals surface area contributed by atoms with Crippen molar-refractivity contribution in [3.8, 4) is 11.5 Å². The van der Waals surface area contributed by atoms with Gasteiger partial charge in [-0.25, -0.2) is 0 Å². The Labute approximate surface area is 119 Å². The van der Waals surface area contributed by atoms with Gasteiger partial charge in [-0.1, -0.05) is 11.6 Å². The molecule has 0 fully saturated rings. The molecule has 1 aromatic carbocycles. The van der Waals surface area contributed by atoms with Crippen LogP contribution < -0.4 is 14.8 Å². The molecule has 0 amide bonds. The van der Waals surface area contributed by atoms with E-state index < -0.39 is 0 Å². The van der Waals surface area contributed by atoms with Gasteiger partial charge in [-0.2, -0.15) is 0 Å². The maximum absolute atomic E-state index is 9.16. The molecule has 1 atom stereocenters. The molecule has 19 heavy (non-hydrogen) atoms. The normalized spacial score (nSPS) is 12.3. The van der Waals surface area contributed by atoms with Crippen LogP contribution in [0.25, 0.3) is 0 Å². The standard InChI is InChI=1S/C14H22ClNO3/c1-10(17)5-4-6-16-9-11-7-12(15)14(19-3)13(8-11)18-2/h7-8,10,16-17H,4-6,9H2,1-3H3. The van der Waals surface area contributed by atoms with Crippen molar-refractivity contribution in [1.29, 1.82) is 0 Å². The fourth-order valence-electron chi connectivity index (χ4n) is 1.83. The Balaban J connectivity index is 2.52. The number of hydrogen-bond donors (Lipinski definition) is 2. The first-order valence-electron chi connectivity index (χ1n) is 6.37. The lowest BCUT2D eigenvalue weighted by Crippen LogP contribution is -2.16. The number of methoxy groups -OCH3 is 2. The largest absolute Gasteiger partial charge is 0.493 e. The lowest BCUT2D eigenvalue weighted by Gasteiger charge is -2.12. The molecule has 0 aromatic heterocycles. The number of benzene rings is 1. The maximum atomic E-state index is 9.16. The fourth-order valence-corrected chi connectivity index (χ4v) is 2.14. The molecule has 1 rings (SSSR count). The highest BCUT2D eigenvalue weighted by atomic mass is 35.5. The van der Waals surface area contributed by atoms with Crippen molar-refractivity contribution in [3.63, 3.8) is 0 Å². The minimum atomic E-state index is -0.239. The Hall–Kier alpha value is -0.970. The van der Waals surface area contributed by atoms with Crippen LogP contribution >= 0.6 is 11.6 Å². The van der Waals surface area contributed by atoms with E-state index in [1.807, 2.05) is 12.1 Å². The van der Waals surface area contributed by atoms with Crippen LogP contribution in [0.15, 0.2) is 12.1 Å². The van der Waals surface area contributed by atoms with Gasteiger partial charge in [0.1, 0.15) is 0 Å². The van der Waals surface area contributed by atoms with E-state index in [1.54, 1.807) is 21.1 Å². The van der Waals surface area contributed by atoms with Crippen LogP contribution in [0.3, 0.4) is 0 Å². The molecule has 0 saturated heterocycles. The summed E-state index contributed by atoms with van der Waals surface area (Å²) in [5.74, 6) is 1.19. The van der Waals surface area contributed by atoms with Crippen molar-refractivity contribution in [3.05, 3.63) is 22.7 Å². The Morgan fingerprint density at radius 2 is 2.05 bits per heavy atom. The second kappa shape index (κ2) is 8.25. The molecule has 108 valence electrons. The van der Waals surface area contributed by atoms with Crippen molar-refractivity contribution >= 4 is 11.6 Å². The van der Waals surface area contributed by atoms with Crippen molar-refractivity contribution in [1.82, 2.24) is 5.32 Å². The highest BCUT2D eigenvalue weighted by Gasteiger charge is 2.10. The summed E-state index contributed by atoms with van der Waals surface area (Å²) in [5.41, 5.74) is 1.04. The molecule has 5 heteroatoms. The van der Waals surface area contributed by atoms with Crippen LogP contribution in [0.5, 0.6) is 11.5 Å². The van der Waals surface area contributed by atoms with E-state index in [0.29, 0.717) is 23.1 Å². The van der Waals surface area contributed by atoms with Crippen molar-refractivity contribution in [2.24, 2.45) is 0 Å². The highest BCUT2D eigenvalue weighted by molar-refractivity contribution is 6.32. The minimum Gasteiger partial charge on any atom is -0.493 e. The van der Waals surface area contributed by atoms with Gasteiger partial charge in [0, 0.05) is 6.54 Å². The van der Waals surface area contributed by atoms with Gasteiger partial charge in [0.25, 0.3) is 0 Å². The molecule has 0 radical (unpaired) electrons. The van der Waals surface area contributed by atoms with Gasteiger partial charge < -0.3 is 19.9 Å². The molecule has 4 nitrogen and oxygen atoms in total. The molecule has 0 saturated carbocycles. The lowest BCUT2D eigenvalue weighted by atomic mass is 10.2. The molecule has 0 aliphatic heterocycles. The summed E-state index contributed by atoms with van der Waals surface area (Å²) in [6.07, 6.45) is 1.51. The maximum Gasteiger partial charge on any atom is 0.179 e. The lowest BCUT2D eigenvalue weighted by molar-refractivity contribution is 0.181. The van der Waals surface area contributed by atoms with Gasteiger partial charge >= 0.3 is 0 Å². The zero-order chi connectivity index (χ0) is 14.3. The summed E-state index contributed by atoms with van der Waals surface area (Å²) in [6.45, 7) is 3.37. The van der Waals surface area contributed by atoms with Gasteiger partial charge in [0.05, 0.1) is 25.3 Å². The number of aliphatic hydroxyl groups is 1. The third-order valence-electron chi connectivity index (χ3n) is 2.80. The first-order valence-corrected chi connectivity index (χ1v) is 6.75. The summed E-state index contributed by atoms with van der Waals surface area (Å²) >= 11 is 6.13.